The average Bonchev–Trinajstić information content (AvgIpc) is 2.84. The summed E-state index contributed by atoms with van der Waals surface area (Å²) >= 11 is 0. The second-order valence-electron chi connectivity index (χ2n) is 6.85. The van der Waals surface area contributed by atoms with Crippen LogP contribution in [-0.2, 0) is 16.6 Å². The van der Waals surface area contributed by atoms with E-state index in [1.54, 1.807) is 0 Å². The van der Waals surface area contributed by atoms with Crippen molar-refractivity contribution in [2.45, 2.75) is 45.2 Å². The zero-order chi connectivity index (χ0) is 16.3. The minimum Gasteiger partial charge on any atom is -0.296 e. The molecule has 3 saturated heterocycles. The number of aromatic nitrogens is 1. The number of fused-ring (bicyclic) bond motifs is 4. The summed E-state index contributed by atoms with van der Waals surface area (Å²) in [4.78, 5) is 6.80. The summed E-state index contributed by atoms with van der Waals surface area (Å²) in [5.74, 6) is 0.751. The van der Waals surface area contributed by atoms with E-state index in [0.717, 1.165) is 51.0 Å². The van der Waals surface area contributed by atoms with Gasteiger partial charge in [0.1, 0.15) is 0 Å². The van der Waals surface area contributed by atoms with E-state index >= 15 is 0 Å². The van der Waals surface area contributed by atoms with Crippen molar-refractivity contribution in [1.82, 2.24) is 14.2 Å². The quantitative estimate of drug-likeness (QED) is 0.798. The first-order valence-electron chi connectivity index (χ1n) is 8.70. The average molecular weight is 337 g/mol. The van der Waals surface area contributed by atoms with Crippen molar-refractivity contribution in [2.75, 3.05) is 25.4 Å². The van der Waals surface area contributed by atoms with Crippen molar-refractivity contribution in [1.29, 1.82) is 0 Å². The number of hydrogen-bond acceptors (Lipinski definition) is 4. The van der Waals surface area contributed by atoms with Gasteiger partial charge in [-0.3, -0.25) is 9.88 Å². The molecule has 0 N–H and O–H groups in total. The van der Waals surface area contributed by atoms with E-state index in [4.69, 9.17) is 0 Å². The number of piperidine rings is 1. The van der Waals surface area contributed by atoms with Crippen molar-refractivity contribution in [3.05, 3.63) is 30.1 Å². The Bertz CT molecular complexity index is 606. The highest BCUT2D eigenvalue weighted by atomic mass is 32.2. The first kappa shape index (κ1) is 16.9. The topological polar surface area (TPSA) is 53.5 Å². The van der Waals surface area contributed by atoms with Crippen molar-refractivity contribution < 1.29 is 8.42 Å². The fraction of sp³-hybridized carbons (Fsp3) is 0.706. The van der Waals surface area contributed by atoms with E-state index < -0.39 is 10.0 Å². The van der Waals surface area contributed by atoms with Crippen LogP contribution in [0.25, 0.3) is 0 Å². The third-order valence-electron chi connectivity index (χ3n) is 4.96. The van der Waals surface area contributed by atoms with Gasteiger partial charge in [-0.25, -0.2) is 8.42 Å². The molecule has 3 aliphatic rings. The Morgan fingerprint density at radius 2 is 2.09 bits per heavy atom. The third kappa shape index (κ3) is 4.11. The van der Waals surface area contributed by atoms with E-state index in [0.29, 0.717) is 18.2 Å². The predicted octanol–water partition coefficient (Wildman–Crippen LogP) is 2.11. The molecule has 23 heavy (non-hydrogen) atoms. The van der Waals surface area contributed by atoms with Gasteiger partial charge in [-0.05, 0) is 37.3 Å². The standard InChI is InChI=1S/C17H27N3O2S/c1-2-3-10-23(21,22)20-12-15-7-8-17(20)14-19(11-15)13-16-6-4-5-9-18-16/h4-6,9,15,17H,2-3,7-8,10-14H2,1H3/t15-,17+/m0/s1. The second-order valence-corrected chi connectivity index (χ2v) is 8.89. The van der Waals surface area contributed by atoms with Crippen LogP contribution in [0.15, 0.2) is 24.4 Å². The normalized spacial score (nSPS) is 26.3. The Balaban J connectivity index is 1.70. The van der Waals surface area contributed by atoms with E-state index in [1.165, 1.54) is 0 Å². The highest BCUT2D eigenvalue weighted by molar-refractivity contribution is 7.89. The van der Waals surface area contributed by atoms with E-state index in [2.05, 4.69) is 9.88 Å². The second kappa shape index (κ2) is 7.28. The smallest absolute Gasteiger partial charge is 0.214 e. The highest BCUT2D eigenvalue weighted by Gasteiger charge is 2.40. The van der Waals surface area contributed by atoms with Gasteiger partial charge in [0.25, 0.3) is 0 Å². The monoisotopic (exact) mass is 337 g/mol. The van der Waals surface area contributed by atoms with Crippen LogP contribution >= 0.6 is 0 Å². The molecular formula is C17H27N3O2S. The van der Waals surface area contributed by atoms with Crippen LogP contribution in [0.4, 0.5) is 0 Å². The molecule has 3 fully saturated rings. The molecule has 1 aromatic heterocycles. The molecule has 1 aromatic rings. The third-order valence-corrected chi connectivity index (χ3v) is 6.93. The Morgan fingerprint density at radius 3 is 2.83 bits per heavy atom. The van der Waals surface area contributed by atoms with Crippen LogP contribution in [-0.4, -0.2) is 54.0 Å². The summed E-state index contributed by atoms with van der Waals surface area (Å²) in [7, 11) is -3.10. The fourth-order valence-electron chi connectivity index (χ4n) is 3.77. The van der Waals surface area contributed by atoms with Gasteiger partial charge in [-0.15, -0.1) is 0 Å². The highest BCUT2D eigenvalue weighted by Crippen LogP contribution is 2.31. The fourth-order valence-corrected chi connectivity index (χ4v) is 5.72. The summed E-state index contributed by atoms with van der Waals surface area (Å²) in [5.41, 5.74) is 1.06. The Hall–Kier alpha value is -0.980. The number of nitrogens with zero attached hydrogens (tertiary/aromatic N) is 3. The van der Waals surface area contributed by atoms with Gasteiger partial charge in [0.05, 0.1) is 11.4 Å². The molecule has 0 spiro atoms. The maximum atomic E-state index is 12.6. The Kier molecular flexibility index (Phi) is 5.34. The summed E-state index contributed by atoms with van der Waals surface area (Å²) in [5, 5.41) is 0. The number of unbranched alkanes of at least 4 members (excludes halogenated alkanes) is 1. The first-order valence-corrected chi connectivity index (χ1v) is 10.3. The maximum Gasteiger partial charge on any atom is 0.214 e. The molecule has 4 rings (SSSR count). The maximum absolute atomic E-state index is 12.6. The molecule has 4 heterocycles. The Labute approximate surface area is 139 Å². The summed E-state index contributed by atoms with van der Waals surface area (Å²) in [6, 6.07) is 6.12. The lowest BCUT2D eigenvalue weighted by Gasteiger charge is -2.35. The van der Waals surface area contributed by atoms with Crippen LogP contribution in [0.2, 0.25) is 0 Å². The van der Waals surface area contributed by atoms with Gasteiger partial charge >= 0.3 is 0 Å². The van der Waals surface area contributed by atoms with Gasteiger partial charge in [-0.2, -0.15) is 4.31 Å². The summed E-state index contributed by atoms with van der Waals surface area (Å²) in [6.07, 6.45) is 5.64. The first-order chi connectivity index (χ1) is 11.1. The predicted molar refractivity (Wildman–Crippen MR) is 91.4 cm³/mol. The van der Waals surface area contributed by atoms with Crippen LogP contribution < -0.4 is 0 Å². The SMILES string of the molecule is CCCCS(=O)(=O)N1C[C@H]2CC[C@@H]1CN(Cc1ccccn1)C2. The van der Waals surface area contributed by atoms with E-state index in [-0.39, 0.29) is 6.04 Å². The number of rotatable bonds is 6. The zero-order valence-corrected chi connectivity index (χ0v) is 14.7. The molecule has 0 radical (unpaired) electrons. The van der Waals surface area contributed by atoms with Gasteiger partial charge in [0.2, 0.25) is 10.0 Å². The van der Waals surface area contributed by atoms with Gasteiger partial charge in [0, 0.05) is 38.4 Å². The minimum absolute atomic E-state index is 0.138. The molecule has 128 valence electrons. The largest absolute Gasteiger partial charge is 0.296 e. The molecule has 2 atom stereocenters. The van der Waals surface area contributed by atoms with Crippen LogP contribution in [0.1, 0.15) is 38.3 Å². The van der Waals surface area contributed by atoms with Crippen LogP contribution in [0.3, 0.4) is 0 Å². The molecule has 0 aromatic carbocycles. The molecule has 2 bridgehead atoms. The van der Waals surface area contributed by atoms with E-state index in [9.17, 15) is 8.42 Å². The number of sulfonamides is 1. The molecule has 6 heteroatoms. The molecular weight excluding hydrogens is 310 g/mol. The van der Waals surface area contributed by atoms with Gasteiger partial charge < -0.3 is 0 Å². The zero-order valence-electron chi connectivity index (χ0n) is 13.9. The van der Waals surface area contributed by atoms with E-state index in [1.807, 2.05) is 35.6 Å². The van der Waals surface area contributed by atoms with Gasteiger partial charge in [-0.1, -0.05) is 19.4 Å². The van der Waals surface area contributed by atoms with Gasteiger partial charge in [0.15, 0.2) is 0 Å². The molecule has 3 aliphatic heterocycles. The number of pyridine rings is 1. The number of hydrogen-bond donors (Lipinski definition) is 0. The summed E-state index contributed by atoms with van der Waals surface area (Å²) < 4.78 is 27.1. The Morgan fingerprint density at radius 1 is 1.22 bits per heavy atom. The van der Waals surface area contributed by atoms with Crippen molar-refractivity contribution in [2.24, 2.45) is 5.92 Å². The minimum atomic E-state index is -3.10. The molecule has 0 unspecified atom stereocenters. The van der Waals surface area contributed by atoms with Crippen LogP contribution in [0.5, 0.6) is 0 Å². The van der Waals surface area contributed by atoms with Crippen molar-refractivity contribution in [3.8, 4) is 0 Å². The summed E-state index contributed by atoms with van der Waals surface area (Å²) in [6.45, 7) is 5.37. The lowest BCUT2D eigenvalue weighted by molar-refractivity contribution is 0.225. The molecule has 0 amide bonds. The molecule has 0 aliphatic carbocycles. The molecule has 5 nitrogen and oxygen atoms in total. The lowest BCUT2D eigenvalue weighted by Crippen LogP contribution is -2.48. The van der Waals surface area contributed by atoms with Crippen molar-refractivity contribution >= 4 is 10.0 Å². The molecule has 0 saturated carbocycles. The lowest BCUT2D eigenvalue weighted by atomic mass is 9.97. The van der Waals surface area contributed by atoms with Crippen molar-refractivity contribution in [3.63, 3.8) is 0 Å². The van der Waals surface area contributed by atoms with Crippen LogP contribution in [0, 0.1) is 5.92 Å².